The van der Waals surface area contributed by atoms with Gasteiger partial charge in [-0.3, -0.25) is 19.7 Å². The van der Waals surface area contributed by atoms with Crippen LogP contribution in [0.5, 0.6) is 5.75 Å². The van der Waals surface area contributed by atoms with E-state index < -0.39 is 23.3 Å². The van der Waals surface area contributed by atoms with Gasteiger partial charge in [-0.2, -0.15) is 0 Å². The molecule has 0 aliphatic rings. The number of carbonyl (C=O) groups excluding carboxylic acids is 2. The number of amides is 1. The van der Waals surface area contributed by atoms with Gasteiger partial charge in [0.1, 0.15) is 19.0 Å². The highest BCUT2D eigenvalue weighted by molar-refractivity contribution is 7.99. The van der Waals surface area contributed by atoms with Crippen molar-refractivity contribution in [1.82, 2.24) is 5.32 Å². The predicted octanol–water partition coefficient (Wildman–Crippen LogP) is 2.81. The lowest BCUT2D eigenvalue weighted by molar-refractivity contribution is -0.385. The molecule has 0 saturated heterocycles. The molecule has 0 bridgehead atoms. The molecule has 0 radical (unpaired) electrons. The Labute approximate surface area is 164 Å². The van der Waals surface area contributed by atoms with E-state index in [2.05, 4.69) is 5.32 Å². The van der Waals surface area contributed by atoms with Gasteiger partial charge in [0, 0.05) is 22.3 Å². The molecule has 0 aliphatic carbocycles. The van der Waals surface area contributed by atoms with Gasteiger partial charge >= 0.3 is 11.7 Å². The van der Waals surface area contributed by atoms with Crippen LogP contribution < -0.4 is 10.1 Å². The first-order chi connectivity index (χ1) is 13.4. The molecule has 0 spiro atoms. The number of nitro benzene ring substituents is 1. The highest BCUT2D eigenvalue weighted by Crippen LogP contribution is 2.27. The summed E-state index contributed by atoms with van der Waals surface area (Å²) in [6.45, 7) is -0.356. The topological polar surface area (TPSA) is 108 Å². The van der Waals surface area contributed by atoms with Crippen LogP contribution >= 0.6 is 11.8 Å². The summed E-state index contributed by atoms with van der Waals surface area (Å²) in [7, 11) is 1.28. The summed E-state index contributed by atoms with van der Waals surface area (Å²) >= 11 is 1.20. The van der Waals surface area contributed by atoms with Crippen LogP contribution in [0.4, 0.5) is 10.1 Å². The number of nitro groups is 1. The normalized spacial score (nSPS) is 10.2. The number of thioether (sulfide) groups is 1. The number of esters is 1. The molecule has 0 fully saturated rings. The minimum atomic E-state index is -0.675. The molecule has 1 N–H and O–H groups in total. The van der Waals surface area contributed by atoms with Gasteiger partial charge in [0.2, 0.25) is 0 Å². The molecule has 10 heteroatoms. The Morgan fingerprint density at radius 1 is 1.25 bits per heavy atom. The third kappa shape index (κ3) is 5.95. The van der Waals surface area contributed by atoms with E-state index in [0.717, 1.165) is 6.07 Å². The Balaban J connectivity index is 1.78. The third-order valence-electron chi connectivity index (χ3n) is 3.47. The number of methoxy groups -OCH3 is 1. The van der Waals surface area contributed by atoms with Crippen LogP contribution in [0.1, 0.15) is 10.4 Å². The van der Waals surface area contributed by atoms with Crippen molar-refractivity contribution in [3.05, 3.63) is 64.0 Å². The quantitative estimate of drug-likeness (QED) is 0.223. The first-order valence-corrected chi connectivity index (χ1v) is 9.04. The monoisotopic (exact) mass is 408 g/mol. The fourth-order valence-electron chi connectivity index (χ4n) is 2.15. The molecule has 0 heterocycles. The lowest BCUT2D eigenvalue weighted by atomic mass is 10.1. The van der Waals surface area contributed by atoms with E-state index >= 15 is 0 Å². The lowest BCUT2D eigenvalue weighted by Gasteiger charge is -2.08. The number of hydrogen-bond donors (Lipinski definition) is 1. The van der Waals surface area contributed by atoms with Crippen molar-refractivity contribution in [3.8, 4) is 5.75 Å². The van der Waals surface area contributed by atoms with Crippen molar-refractivity contribution >= 4 is 29.3 Å². The largest absolute Gasteiger partial charge is 0.490 e. The Morgan fingerprint density at radius 2 is 2.00 bits per heavy atom. The van der Waals surface area contributed by atoms with Crippen molar-refractivity contribution in [1.29, 1.82) is 0 Å². The highest BCUT2D eigenvalue weighted by atomic mass is 32.2. The van der Waals surface area contributed by atoms with Crippen molar-refractivity contribution in [2.24, 2.45) is 0 Å². The molecule has 0 unspecified atom stereocenters. The van der Waals surface area contributed by atoms with Gasteiger partial charge < -0.3 is 14.8 Å². The number of hydrogen-bond acceptors (Lipinski definition) is 7. The van der Waals surface area contributed by atoms with Crippen LogP contribution in [0.15, 0.2) is 47.4 Å². The molecule has 0 atom stereocenters. The van der Waals surface area contributed by atoms with E-state index in [0.29, 0.717) is 10.6 Å². The van der Waals surface area contributed by atoms with Gasteiger partial charge in [-0.25, -0.2) is 4.39 Å². The number of ether oxygens (including phenoxy) is 2. The average molecular weight is 408 g/mol. The fraction of sp³-hybridized carbons (Fsp3) is 0.222. The summed E-state index contributed by atoms with van der Waals surface area (Å²) in [6.07, 6.45) is 0. The number of benzene rings is 2. The van der Waals surface area contributed by atoms with Crippen molar-refractivity contribution in [2.75, 3.05) is 26.0 Å². The molecule has 0 aliphatic heterocycles. The maximum Gasteiger partial charge on any atom is 0.325 e. The van der Waals surface area contributed by atoms with Crippen LogP contribution in [-0.4, -0.2) is 42.8 Å². The smallest absolute Gasteiger partial charge is 0.325 e. The predicted molar refractivity (Wildman–Crippen MR) is 100 cm³/mol. The molecule has 0 aromatic heterocycles. The number of rotatable bonds is 9. The first kappa shape index (κ1) is 21.2. The summed E-state index contributed by atoms with van der Waals surface area (Å²) in [5.41, 5.74) is -0.349. The zero-order valence-electron chi connectivity index (χ0n) is 14.8. The molecule has 2 rings (SSSR count). The minimum Gasteiger partial charge on any atom is -0.490 e. The maximum atomic E-state index is 13.4. The van der Waals surface area contributed by atoms with E-state index in [1.807, 2.05) is 0 Å². The van der Waals surface area contributed by atoms with Gasteiger partial charge in [0.05, 0.1) is 12.0 Å². The maximum absolute atomic E-state index is 13.4. The van der Waals surface area contributed by atoms with Crippen LogP contribution in [-0.2, 0) is 9.53 Å². The van der Waals surface area contributed by atoms with E-state index in [1.54, 1.807) is 18.2 Å². The SMILES string of the molecule is COc1ccc(C(=O)NCC(=O)OCCSc2ccccc2F)cc1[N+](=O)[O-]. The Bertz CT molecular complexity index is 877. The summed E-state index contributed by atoms with van der Waals surface area (Å²) in [4.78, 5) is 34.5. The van der Waals surface area contributed by atoms with Crippen LogP contribution in [0.3, 0.4) is 0 Å². The van der Waals surface area contributed by atoms with Gasteiger partial charge in [-0.1, -0.05) is 12.1 Å². The Kier molecular flexibility index (Phi) is 7.76. The van der Waals surface area contributed by atoms with Crippen LogP contribution in [0.25, 0.3) is 0 Å². The van der Waals surface area contributed by atoms with E-state index in [4.69, 9.17) is 9.47 Å². The zero-order valence-corrected chi connectivity index (χ0v) is 15.7. The second-order valence-electron chi connectivity index (χ2n) is 5.33. The van der Waals surface area contributed by atoms with E-state index in [1.165, 1.54) is 37.1 Å². The summed E-state index contributed by atoms with van der Waals surface area (Å²) in [6, 6.07) is 9.95. The highest BCUT2D eigenvalue weighted by Gasteiger charge is 2.18. The average Bonchev–Trinajstić information content (AvgIpc) is 2.70. The second-order valence-corrected chi connectivity index (χ2v) is 6.46. The standard InChI is InChI=1S/C18H17FN2O6S/c1-26-15-7-6-12(10-14(15)21(24)25)18(23)20-11-17(22)27-8-9-28-16-5-3-2-4-13(16)19/h2-7,10H,8-9,11H2,1H3,(H,20,23). The number of nitrogens with one attached hydrogen (secondary N) is 1. The molecule has 1 amide bonds. The molecular weight excluding hydrogens is 391 g/mol. The van der Waals surface area contributed by atoms with Crippen molar-refractivity contribution in [2.45, 2.75) is 4.90 Å². The fourth-order valence-corrected chi connectivity index (χ4v) is 2.92. The summed E-state index contributed by atoms with van der Waals surface area (Å²) in [5, 5.41) is 13.3. The molecule has 2 aromatic carbocycles. The summed E-state index contributed by atoms with van der Waals surface area (Å²) in [5.74, 6) is -1.31. The third-order valence-corrected chi connectivity index (χ3v) is 4.48. The van der Waals surface area contributed by atoms with Crippen molar-refractivity contribution < 1.29 is 28.4 Å². The molecular formula is C18H17FN2O6S. The molecule has 2 aromatic rings. The van der Waals surface area contributed by atoms with E-state index in [9.17, 15) is 24.1 Å². The Hall–Kier alpha value is -3.14. The van der Waals surface area contributed by atoms with Gasteiger partial charge in [0.25, 0.3) is 5.91 Å². The van der Waals surface area contributed by atoms with E-state index in [-0.39, 0.29) is 29.4 Å². The zero-order chi connectivity index (χ0) is 20.5. The molecule has 148 valence electrons. The number of nitrogens with zero attached hydrogens (tertiary/aromatic N) is 1. The molecule has 8 nitrogen and oxygen atoms in total. The van der Waals surface area contributed by atoms with Gasteiger partial charge in [-0.05, 0) is 24.3 Å². The Morgan fingerprint density at radius 3 is 2.68 bits per heavy atom. The number of halogens is 1. The van der Waals surface area contributed by atoms with Gasteiger partial charge in [0.15, 0.2) is 5.75 Å². The molecule has 28 heavy (non-hydrogen) atoms. The van der Waals surface area contributed by atoms with Crippen molar-refractivity contribution in [3.63, 3.8) is 0 Å². The van der Waals surface area contributed by atoms with Crippen LogP contribution in [0, 0.1) is 15.9 Å². The second kappa shape index (κ2) is 10.3. The van der Waals surface area contributed by atoms with Crippen LogP contribution in [0.2, 0.25) is 0 Å². The minimum absolute atomic E-state index is 0.00964. The lowest BCUT2D eigenvalue weighted by Crippen LogP contribution is -2.31. The summed E-state index contributed by atoms with van der Waals surface area (Å²) < 4.78 is 23.3. The number of carbonyl (C=O) groups is 2. The first-order valence-electron chi connectivity index (χ1n) is 8.06. The van der Waals surface area contributed by atoms with Gasteiger partial charge in [-0.15, -0.1) is 11.8 Å². The molecule has 0 saturated carbocycles.